The Kier molecular flexibility index (Phi) is 7.12. The van der Waals surface area contributed by atoms with Gasteiger partial charge in [-0.25, -0.2) is 9.37 Å². The van der Waals surface area contributed by atoms with Crippen LogP contribution in [0.5, 0.6) is 0 Å². The minimum atomic E-state index is -1.43. The molecule has 6 aromatic rings. The quantitative estimate of drug-likeness (QED) is 0.165. The smallest absolute Gasteiger partial charge is 0.135 e. The van der Waals surface area contributed by atoms with Crippen LogP contribution >= 0.6 is 9.39 Å². The van der Waals surface area contributed by atoms with E-state index in [0.29, 0.717) is 12.2 Å². The monoisotopic (exact) mass is 566 g/mol. The molecule has 208 valence electrons. The SMILES string of the molecule is C=S(=C)(C)NCc1cc(F)cc(-c2cncc3[nH]c(-c4n[nH]c5ccc(-c6cncc(CNCC)c6)nc45)cc23)c1. The summed E-state index contributed by atoms with van der Waals surface area (Å²) in [6.07, 6.45) is 9.16. The Balaban J connectivity index is 1.39. The Morgan fingerprint density at radius 1 is 0.902 bits per heavy atom. The van der Waals surface area contributed by atoms with Crippen molar-refractivity contribution in [3.8, 4) is 33.8 Å². The maximum atomic E-state index is 14.7. The van der Waals surface area contributed by atoms with Gasteiger partial charge < -0.3 is 10.3 Å². The average Bonchev–Trinajstić information content (AvgIpc) is 3.58. The van der Waals surface area contributed by atoms with E-state index in [2.05, 4.69) is 59.9 Å². The van der Waals surface area contributed by atoms with E-state index >= 15 is 0 Å². The fourth-order valence-corrected chi connectivity index (χ4v) is 5.33. The lowest BCUT2D eigenvalue weighted by atomic mass is 10.0. The maximum Gasteiger partial charge on any atom is 0.135 e. The summed E-state index contributed by atoms with van der Waals surface area (Å²) >= 11 is 0. The fourth-order valence-electron chi connectivity index (χ4n) is 4.82. The number of pyridine rings is 3. The number of H-pyrrole nitrogens is 2. The van der Waals surface area contributed by atoms with E-state index in [-0.39, 0.29) is 5.82 Å². The van der Waals surface area contributed by atoms with Crippen molar-refractivity contribution in [2.75, 3.05) is 12.8 Å². The van der Waals surface area contributed by atoms with Crippen molar-refractivity contribution in [3.05, 3.63) is 84.2 Å². The van der Waals surface area contributed by atoms with Gasteiger partial charge in [0, 0.05) is 48.2 Å². The second kappa shape index (κ2) is 10.9. The molecule has 0 spiro atoms. The fraction of sp³-hybridized carbons (Fsp3) is 0.161. The summed E-state index contributed by atoms with van der Waals surface area (Å²) < 4.78 is 18.0. The van der Waals surface area contributed by atoms with Crippen LogP contribution < -0.4 is 10.0 Å². The zero-order valence-electron chi connectivity index (χ0n) is 23.0. The van der Waals surface area contributed by atoms with Crippen molar-refractivity contribution in [1.82, 2.24) is 40.2 Å². The van der Waals surface area contributed by atoms with Gasteiger partial charge in [0.25, 0.3) is 0 Å². The molecular formula is C31H31FN8S. The number of rotatable bonds is 9. The molecule has 5 heterocycles. The first kappa shape index (κ1) is 26.8. The van der Waals surface area contributed by atoms with Gasteiger partial charge in [0.1, 0.15) is 17.0 Å². The van der Waals surface area contributed by atoms with E-state index in [1.165, 1.54) is 12.1 Å². The van der Waals surface area contributed by atoms with Crippen LogP contribution in [0.15, 0.2) is 67.3 Å². The molecule has 0 atom stereocenters. The number of halogens is 1. The van der Waals surface area contributed by atoms with Gasteiger partial charge >= 0.3 is 0 Å². The molecular weight excluding hydrogens is 535 g/mol. The number of nitrogens with one attached hydrogen (secondary N) is 4. The molecule has 0 saturated carbocycles. The van der Waals surface area contributed by atoms with Crippen LogP contribution in [0.3, 0.4) is 0 Å². The number of fused-ring (bicyclic) bond motifs is 2. The summed E-state index contributed by atoms with van der Waals surface area (Å²) in [5.74, 6) is 7.79. The predicted octanol–water partition coefficient (Wildman–Crippen LogP) is 5.78. The maximum absolute atomic E-state index is 14.7. The minimum absolute atomic E-state index is 0.309. The molecule has 4 N–H and O–H groups in total. The zero-order valence-corrected chi connectivity index (χ0v) is 23.8. The molecule has 0 amide bonds. The van der Waals surface area contributed by atoms with Gasteiger partial charge in [-0.3, -0.25) is 19.8 Å². The van der Waals surface area contributed by atoms with Gasteiger partial charge in [-0.05, 0) is 72.0 Å². The first-order valence-electron chi connectivity index (χ1n) is 13.2. The van der Waals surface area contributed by atoms with Gasteiger partial charge in [0.2, 0.25) is 0 Å². The standard InChI is InChI=1S/C31H31FN8S/c1-5-33-13-20-9-22(16-34-14-20)26-6-7-27-30(38-26)31(40-39-27)28-12-24-25(17-35-18-29(24)37-28)21-8-19(10-23(32)11-21)15-36-41(2,3)4/h6-12,14,16-18,33,36-37H,2-3,5,13,15H2,1,4H3,(H,39,40). The summed E-state index contributed by atoms with van der Waals surface area (Å²) in [5.41, 5.74) is 9.10. The van der Waals surface area contributed by atoms with Crippen molar-refractivity contribution in [1.29, 1.82) is 0 Å². The van der Waals surface area contributed by atoms with Crippen molar-refractivity contribution >= 4 is 43.1 Å². The summed E-state index contributed by atoms with van der Waals surface area (Å²) in [5, 5.41) is 11.9. The summed E-state index contributed by atoms with van der Waals surface area (Å²) in [6.45, 7) is 4.19. The number of hydrogen-bond donors (Lipinski definition) is 4. The number of nitrogens with zero attached hydrogens (tertiary/aromatic N) is 4. The number of aromatic nitrogens is 6. The van der Waals surface area contributed by atoms with Crippen molar-refractivity contribution in [2.24, 2.45) is 0 Å². The third kappa shape index (κ3) is 5.76. The molecule has 41 heavy (non-hydrogen) atoms. The van der Waals surface area contributed by atoms with Gasteiger partial charge in [0.05, 0.1) is 28.6 Å². The third-order valence-corrected chi connectivity index (χ3v) is 7.61. The second-order valence-corrected chi connectivity index (χ2v) is 13.1. The van der Waals surface area contributed by atoms with Crippen LogP contribution in [-0.2, 0) is 13.1 Å². The Hall–Kier alpha value is -4.38. The minimum Gasteiger partial charge on any atom is -0.352 e. The molecule has 0 aliphatic rings. The van der Waals surface area contributed by atoms with Crippen molar-refractivity contribution in [2.45, 2.75) is 20.0 Å². The lowest BCUT2D eigenvalue weighted by Gasteiger charge is -2.12. The molecule has 5 aromatic heterocycles. The topological polar surface area (TPSA) is 107 Å². The third-order valence-electron chi connectivity index (χ3n) is 6.77. The van der Waals surface area contributed by atoms with Crippen LogP contribution in [0.4, 0.5) is 4.39 Å². The molecule has 0 fully saturated rings. The predicted molar refractivity (Wildman–Crippen MR) is 170 cm³/mol. The Morgan fingerprint density at radius 3 is 2.56 bits per heavy atom. The number of benzene rings is 1. The van der Waals surface area contributed by atoms with Gasteiger partial charge in [-0.2, -0.15) is 14.5 Å². The lowest BCUT2D eigenvalue weighted by molar-refractivity contribution is 0.625. The van der Waals surface area contributed by atoms with E-state index in [0.717, 1.165) is 74.2 Å². The Morgan fingerprint density at radius 2 is 1.73 bits per heavy atom. The first-order valence-corrected chi connectivity index (χ1v) is 15.6. The van der Waals surface area contributed by atoms with Crippen LogP contribution in [0.25, 0.3) is 55.7 Å². The normalized spacial score (nSPS) is 12.0. The molecule has 8 nitrogen and oxygen atoms in total. The van der Waals surface area contributed by atoms with Crippen LogP contribution in [-0.4, -0.2) is 54.7 Å². The highest BCUT2D eigenvalue weighted by molar-refractivity contribution is 8.25. The van der Waals surface area contributed by atoms with Gasteiger partial charge in [-0.1, -0.05) is 18.7 Å². The lowest BCUT2D eigenvalue weighted by Crippen LogP contribution is -2.11. The highest BCUT2D eigenvalue weighted by Gasteiger charge is 2.16. The summed E-state index contributed by atoms with van der Waals surface area (Å²) in [6, 6.07) is 13.1. The second-order valence-electron chi connectivity index (χ2n) is 10.3. The molecule has 10 heteroatoms. The average molecular weight is 567 g/mol. The van der Waals surface area contributed by atoms with E-state index in [1.807, 2.05) is 42.9 Å². The van der Waals surface area contributed by atoms with E-state index in [1.54, 1.807) is 12.4 Å². The molecule has 0 radical (unpaired) electrons. The Bertz CT molecular complexity index is 1990. The summed E-state index contributed by atoms with van der Waals surface area (Å²) in [4.78, 5) is 17.2. The van der Waals surface area contributed by atoms with E-state index in [9.17, 15) is 4.39 Å². The van der Waals surface area contributed by atoms with E-state index in [4.69, 9.17) is 4.98 Å². The van der Waals surface area contributed by atoms with E-state index < -0.39 is 9.39 Å². The highest BCUT2D eigenvalue weighted by Crippen LogP contribution is 2.34. The molecule has 0 bridgehead atoms. The Labute approximate surface area is 238 Å². The van der Waals surface area contributed by atoms with Crippen LogP contribution in [0.1, 0.15) is 18.1 Å². The molecule has 0 aliphatic heterocycles. The van der Waals surface area contributed by atoms with Crippen LogP contribution in [0, 0.1) is 5.82 Å². The zero-order chi connectivity index (χ0) is 28.6. The first-order chi connectivity index (χ1) is 19.8. The molecule has 0 unspecified atom stereocenters. The van der Waals surface area contributed by atoms with Crippen molar-refractivity contribution < 1.29 is 4.39 Å². The van der Waals surface area contributed by atoms with Gasteiger partial charge in [0.15, 0.2) is 0 Å². The highest BCUT2D eigenvalue weighted by atomic mass is 32.2. The number of aromatic amines is 2. The summed E-state index contributed by atoms with van der Waals surface area (Å²) in [7, 11) is -1.43. The van der Waals surface area contributed by atoms with Crippen molar-refractivity contribution in [3.63, 3.8) is 0 Å². The number of hydrogen-bond acceptors (Lipinski definition) is 6. The molecule has 0 saturated heterocycles. The molecule has 6 rings (SSSR count). The van der Waals surface area contributed by atoms with Crippen LogP contribution in [0.2, 0.25) is 0 Å². The van der Waals surface area contributed by atoms with Gasteiger partial charge in [-0.15, -0.1) is 0 Å². The molecule has 0 aliphatic carbocycles. The largest absolute Gasteiger partial charge is 0.352 e. The molecule has 1 aromatic carbocycles.